The van der Waals surface area contributed by atoms with Crippen LogP contribution in [0.4, 0.5) is 0 Å². The van der Waals surface area contributed by atoms with E-state index in [1.165, 1.54) is 0 Å². The fraction of sp³-hybridized carbons (Fsp3) is 0.667. The van der Waals surface area contributed by atoms with Crippen molar-refractivity contribution in [3.63, 3.8) is 0 Å². The predicted octanol–water partition coefficient (Wildman–Crippen LogP) is 0.283. The number of carbonyl (C=O) groups is 1. The summed E-state index contributed by atoms with van der Waals surface area (Å²) in [6.45, 7) is 2.04. The van der Waals surface area contributed by atoms with E-state index in [1.54, 1.807) is 0 Å². The second kappa shape index (κ2) is 2.35. The lowest BCUT2D eigenvalue weighted by Gasteiger charge is -2.20. The summed E-state index contributed by atoms with van der Waals surface area (Å²) in [6.07, 6.45) is 6.84. The van der Waals surface area contributed by atoms with E-state index in [2.05, 4.69) is 10.8 Å². The van der Waals surface area contributed by atoms with Gasteiger partial charge in [-0.15, -0.1) is 12.3 Å². The highest BCUT2D eigenvalue weighted by Crippen LogP contribution is 2.30. The van der Waals surface area contributed by atoms with Crippen LogP contribution in [0.1, 0.15) is 12.8 Å². The minimum absolute atomic E-state index is 0.0683. The predicted molar refractivity (Wildman–Crippen MR) is 41.9 cm³/mol. The summed E-state index contributed by atoms with van der Waals surface area (Å²) >= 11 is 0. The van der Waals surface area contributed by atoms with Crippen LogP contribution in [0.5, 0.6) is 0 Å². The van der Waals surface area contributed by atoms with Gasteiger partial charge in [-0.25, -0.2) is 0 Å². The molecule has 0 spiro atoms. The van der Waals surface area contributed by atoms with Gasteiger partial charge in [0.15, 0.2) is 5.78 Å². The third-order valence-electron chi connectivity index (χ3n) is 2.70. The number of hydrogen-bond donors (Lipinski definition) is 0. The minimum Gasteiger partial charge on any atom is -0.298 e. The molecule has 2 nitrogen and oxygen atoms in total. The summed E-state index contributed by atoms with van der Waals surface area (Å²) in [6, 6.07) is 0.0683. The van der Waals surface area contributed by atoms with E-state index in [0.29, 0.717) is 18.1 Å². The van der Waals surface area contributed by atoms with Crippen LogP contribution >= 0.6 is 0 Å². The molecule has 0 saturated carbocycles. The molecule has 0 amide bonds. The van der Waals surface area contributed by atoms with Crippen LogP contribution in [0.2, 0.25) is 0 Å². The molecule has 2 rings (SSSR count). The Labute approximate surface area is 66.6 Å². The molecule has 2 fully saturated rings. The van der Waals surface area contributed by atoms with Crippen LogP contribution in [-0.2, 0) is 4.79 Å². The Morgan fingerprint density at radius 1 is 1.73 bits per heavy atom. The van der Waals surface area contributed by atoms with Crippen molar-refractivity contribution in [2.75, 3.05) is 13.1 Å². The fourth-order valence-electron chi connectivity index (χ4n) is 2.10. The molecule has 0 radical (unpaired) electrons. The number of Topliss-reactive ketones (excluding diaryl/α,β-unsaturated/α-hetero) is 1. The quantitative estimate of drug-likeness (QED) is 0.499. The van der Waals surface area contributed by atoms with Crippen molar-refractivity contribution in [3.8, 4) is 12.3 Å². The van der Waals surface area contributed by atoms with Gasteiger partial charge in [-0.3, -0.25) is 9.69 Å². The smallest absolute Gasteiger partial charge is 0.155 e. The van der Waals surface area contributed by atoms with Gasteiger partial charge in [0, 0.05) is 18.9 Å². The normalized spacial score (nSPS) is 41.0. The number of nitrogens with zero attached hydrogens (tertiary/aromatic N) is 1. The Hall–Kier alpha value is -0.810. The maximum atomic E-state index is 11.4. The summed E-state index contributed by atoms with van der Waals surface area (Å²) in [5, 5.41) is 0. The molecule has 2 heterocycles. The topological polar surface area (TPSA) is 20.3 Å². The Kier molecular flexibility index (Phi) is 1.47. The lowest BCUT2D eigenvalue weighted by molar-refractivity contribution is -0.124. The Bertz CT molecular complexity index is 228. The van der Waals surface area contributed by atoms with Gasteiger partial charge < -0.3 is 0 Å². The number of terminal acetylenes is 1. The van der Waals surface area contributed by atoms with Gasteiger partial charge in [0.1, 0.15) is 0 Å². The van der Waals surface area contributed by atoms with Crippen molar-refractivity contribution in [3.05, 3.63) is 0 Å². The molecule has 3 unspecified atom stereocenters. The lowest BCUT2D eigenvalue weighted by atomic mass is 9.97. The van der Waals surface area contributed by atoms with Gasteiger partial charge in [-0.05, 0) is 13.0 Å². The molecule has 0 N–H and O–H groups in total. The van der Waals surface area contributed by atoms with Gasteiger partial charge in [0.25, 0.3) is 0 Å². The SMILES string of the molecule is C#CCC1C(=O)C2CCN1C2. The zero-order valence-electron chi connectivity index (χ0n) is 6.42. The molecule has 2 bridgehead atoms. The first-order valence-corrected chi connectivity index (χ1v) is 4.04. The fourth-order valence-corrected chi connectivity index (χ4v) is 2.10. The van der Waals surface area contributed by atoms with E-state index in [-0.39, 0.29) is 6.04 Å². The van der Waals surface area contributed by atoms with Crippen molar-refractivity contribution >= 4 is 5.78 Å². The third-order valence-corrected chi connectivity index (χ3v) is 2.70. The first kappa shape index (κ1) is 6.87. The zero-order valence-corrected chi connectivity index (χ0v) is 6.42. The van der Waals surface area contributed by atoms with Crippen molar-refractivity contribution in [1.82, 2.24) is 4.90 Å². The molecule has 2 aliphatic heterocycles. The number of fused-ring (bicyclic) bond motifs is 2. The number of hydrogen-bond acceptors (Lipinski definition) is 2. The van der Waals surface area contributed by atoms with Gasteiger partial charge in [0.2, 0.25) is 0 Å². The number of ketones is 1. The summed E-state index contributed by atoms with van der Waals surface area (Å²) in [7, 11) is 0. The van der Waals surface area contributed by atoms with Crippen molar-refractivity contribution in [2.24, 2.45) is 5.92 Å². The van der Waals surface area contributed by atoms with Crippen LogP contribution < -0.4 is 0 Å². The van der Waals surface area contributed by atoms with Crippen LogP contribution in [0.15, 0.2) is 0 Å². The molecule has 58 valence electrons. The largest absolute Gasteiger partial charge is 0.298 e. The van der Waals surface area contributed by atoms with E-state index in [4.69, 9.17) is 6.42 Å². The molecule has 0 aromatic heterocycles. The highest BCUT2D eigenvalue weighted by Gasteiger charge is 2.44. The molecule has 11 heavy (non-hydrogen) atoms. The standard InChI is InChI=1S/C9H11NO/c1-2-3-8-9(11)7-4-5-10(8)6-7/h1,7-8H,3-6H2. The van der Waals surface area contributed by atoms with Crippen LogP contribution in [0.3, 0.4) is 0 Å². The Morgan fingerprint density at radius 3 is 3.09 bits per heavy atom. The monoisotopic (exact) mass is 149 g/mol. The van der Waals surface area contributed by atoms with Gasteiger partial charge in [0.05, 0.1) is 6.04 Å². The highest BCUT2D eigenvalue weighted by atomic mass is 16.1. The molecule has 0 aliphatic carbocycles. The molecule has 2 saturated heterocycles. The Balaban J connectivity index is 2.13. The van der Waals surface area contributed by atoms with Gasteiger partial charge in [-0.1, -0.05) is 0 Å². The summed E-state index contributed by atoms with van der Waals surface area (Å²) in [5.74, 6) is 3.26. The van der Waals surface area contributed by atoms with E-state index in [9.17, 15) is 4.79 Å². The second-order valence-electron chi connectivity index (χ2n) is 3.31. The molecule has 2 aliphatic rings. The average Bonchev–Trinajstić information content (AvgIpc) is 2.54. The van der Waals surface area contributed by atoms with Crippen molar-refractivity contribution < 1.29 is 4.79 Å². The van der Waals surface area contributed by atoms with Gasteiger partial charge >= 0.3 is 0 Å². The Morgan fingerprint density at radius 2 is 2.55 bits per heavy atom. The molecule has 2 heteroatoms. The zero-order chi connectivity index (χ0) is 7.84. The van der Waals surface area contributed by atoms with Crippen LogP contribution in [0.25, 0.3) is 0 Å². The van der Waals surface area contributed by atoms with E-state index in [0.717, 1.165) is 19.5 Å². The summed E-state index contributed by atoms with van der Waals surface area (Å²) in [5.41, 5.74) is 0. The van der Waals surface area contributed by atoms with E-state index >= 15 is 0 Å². The molecule has 0 aromatic rings. The molecule has 0 aromatic carbocycles. The minimum atomic E-state index is 0.0683. The second-order valence-corrected chi connectivity index (χ2v) is 3.31. The molecular formula is C9H11NO. The first-order valence-electron chi connectivity index (χ1n) is 4.04. The molecule has 3 atom stereocenters. The van der Waals surface area contributed by atoms with E-state index < -0.39 is 0 Å². The maximum Gasteiger partial charge on any atom is 0.155 e. The average molecular weight is 149 g/mol. The van der Waals surface area contributed by atoms with Crippen molar-refractivity contribution in [1.29, 1.82) is 0 Å². The highest BCUT2D eigenvalue weighted by molar-refractivity contribution is 5.89. The lowest BCUT2D eigenvalue weighted by Crippen LogP contribution is -2.35. The number of carbonyl (C=O) groups excluding carboxylic acids is 1. The van der Waals surface area contributed by atoms with Crippen LogP contribution in [0, 0.1) is 18.3 Å². The number of piperidine rings is 1. The van der Waals surface area contributed by atoms with E-state index in [1.807, 2.05) is 0 Å². The van der Waals surface area contributed by atoms with Crippen LogP contribution in [-0.4, -0.2) is 29.8 Å². The summed E-state index contributed by atoms with van der Waals surface area (Å²) in [4.78, 5) is 13.6. The number of rotatable bonds is 1. The maximum absolute atomic E-state index is 11.4. The first-order chi connectivity index (χ1) is 5.33. The summed E-state index contributed by atoms with van der Waals surface area (Å²) < 4.78 is 0. The van der Waals surface area contributed by atoms with Crippen molar-refractivity contribution in [2.45, 2.75) is 18.9 Å². The third kappa shape index (κ3) is 0.883. The molecular weight excluding hydrogens is 138 g/mol. The van der Waals surface area contributed by atoms with Gasteiger partial charge in [-0.2, -0.15) is 0 Å².